The van der Waals surface area contributed by atoms with E-state index in [2.05, 4.69) is 18.0 Å². The molecule has 0 fully saturated rings. The van der Waals surface area contributed by atoms with E-state index in [0.29, 0.717) is 11.6 Å². The largest absolute Gasteiger partial charge is 0.465 e. The molecule has 2 aromatic carbocycles. The smallest absolute Gasteiger partial charge is 0.316 e. The first-order valence-electron chi connectivity index (χ1n) is 10.7. The highest BCUT2D eigenvalue weighted by atomic mass is 32.1. The Morgan fingerprint density at radius 3 is 2.61 bits per heavy atom. The molecule has 0 aliphatic carbocycles. The minimum atomic E-state index is -0.708. The SMILES string of the molecule is CCCCC(C)(C(=O)OCC)c1ccc2c(c1)sc1nc(=O)cc(-c3ccccc3)n12. The van der Waals surface area contributed by atoms with Crippen LogP contribution in [0.25, 0.3) is 26.4 Å². The second kappa shape index (κ2) is 8.63. The zero-order chi connectivity index (χ0) is 22.0. The standard InChI is InChI=1S/C25H26N2O3S/c1-4-6-14-25(3,23(29)30-5-2)18-12-13-19-21(15-18)31-24-26-22(28)16-20(27(19)24)17-10-8-7-9-11-17/h7-13,15-16H,4-6,14H2,1-3H3. The Bertz CT molecular complexity index is 1290. The minimum Gasteiger partial charge on any atom is -0.465 e. The normalized spacial score (nSPS) is 13.4. The Labute approximate surface area is 185 Å². The molecule has 0 aliphatic heterocycles. The van der Waals surface area contributed by atoms with Gasteiger partial charge in [0.05, 0.1) is 27.9 Å². The fourth-order valence-electron chi connectivity index (χ4n) is 3.99. The summed E-state index contributed by atoms with van der Waals surface area (Å²) in [6, 6.07) is 17.5. The van der Waals surface area contributed by atoms with E-state index in [1.165, 1.54) is 11.3 Å². The van der Waals surface area contributed by atoms with Crippen molar-refractivity contribution in [1.29, 1.82) is 0 Å². The van der Waals surface area contributed by atoms with Gasteiger partial charge in [-0.2, -0.15) is 4.98 Å². The van der Waals surface area contributed by atoms with Gasteiger partial charge in [-0.15, -0.1) is 0 Å². The number of nitrogens with zero attached hydrogens (tertiary/aromatic N) is 2. The lowest BCUT2D eigenvalue weighted by atomic mass is 9.78. The number of carbonyl (C=O) groups is 1. The van der Waals surface area contributed by atoms with Crippen molar-refractivity contribution in [3.05, 3.63) is 70.5 Å². The molecule has 0 aliphatic rings. The summed E-state index contributed by atoms with van der Waals surface area (Å²) >= 11 is 1.46. The first-order valence-corrected chi connectivity index (χ1v) is 11.5. The summed E-state index contributed by atoms with van der Waals surface area (Å²) in [6.07, 6.45) is 2.67. The molecule has 0 radical (unpaired) electrons. The van der Waals surface area contributed by atoms with Gasteiger partial charge in [-0.05, 0) is 43.5 Å². The van der Waals surface area contributed by atoms with Crippen LogP contribution in [-0.2, 0) is 14.9 Å². The van der Waals surface area contributed by atoms with Crippen LogP contribution in [0.15, 0.2) is 59.4 Å². The van der Waals surface area contributed by atoms with Crippen molar-refractivity contribution < 1.29 is 9.53 Å². The van der Waals surface area contributed by atoms with Crippen molar-refractivity contribution in [1.82, 2.24) is 9.38 Å². The van der Waals surface area contributed by atoms with E-state index in [9.17, 15) is 9.59 Å². The molecular weight excluding hydrogens is 408 g/mol. The summed E-state index contributed by atoms with van der Waals surface area (Å²) in [5, 5.41) is 0. The molecule has 31 heavy (non-hydrogen) atoms. The van der Waals surface area contributed by atoms with Crippen molar-refractivity contribution in [3.63, 3.8) is 0 Å². The van der Waals surface area contributed by atoms with E-state index in [1.807, 2.05) is 60.7 Å². The summed E-state index contributed by atoms with van der Waals surface area (Å²) in [6.45, 7) is 6.28. The molecule has 6 heteroatoms. The van der Waals surface area contributed by atoms with Crippen LogP contribution in [0.3, 0.4) is 0 Å². The maximum absolute atomic E-state index is 12.9. The highest BCUT2D eigenvalue weighted by molar-refractivity contribution is 7.23. The van der Waals surface area contributed by atoms with Gasteiger partial charge in [0.1, 0.15) is 0 Å². The number of hydrogen-bond donors (Lipinski definition) is 0. The van der Waals surface area contributed by atoms with E-state index in [-0.39, 0.29) is 11.5 Å². The quantitative estimate of drug-likeness (QED) is 0.356. The zero-order valence-corrected chi connectivity index (χ0v) is 18.9. The topological polar surface area (TPSA) is 60.7 Å². The van der Waals surface area contributed by atoms with Gasteiger partial charge in [0, 0.05) is 6.07 Å². The number of fused-ring (bicyclic) bond motifs is 3. The van der Waals surface area contributed by atoms with Crippen molar-refractivity contribution >= 4 is 32.5 Å². The monoisotopic (exact) mass is 434 g/mol. The van der Waals surface area contributed by atoms with Crippen LogP contribution < -0.4 is 5.56 Å². The van der Waals surface area contributed by atoms with Crippen LogP contribution in [-0.4, -0.2) is 22.0 Å². The molecule has 2 heterocycles. The van der Waals surface area contributed by atoms with Crippen molar-refractivity contribution in [2.45, 2.75) is 45.4 Å². The zero-order valence-electron chi connectivity index (χ0n) is 18.1. The van der Waals surface area contributed by atoms with Crippen molar-refractivity contribution in [2.24, 2.45) is 0 Å². The molecule has 0 bridgehead atoms. The number of rotatable bonds is 7. The lowest BCUT2D eigenvalue weighted by molar-refractivity contribution is -0.149. The first kappa shape index (κ1) is 21.2. The molecule has 0 amide bonds. The summed E-state index contributed by atoms with van der Waals surface area (Å²) < 4.78 is 8.44. The van der Waals surface area contributed by atoms with Gasteiger partial charge >= 0.3 is 5.97 Å². The summed E-state index contributed by atoms with van der Waals surface area (Å²) in [4.78, 5) is 30.0. The number of ether oxygens (including phenoxy) is 1. The van der Waals surface area contributed by atoms with Gasteiger partial charge in [-0.25, -0.2) is 0 Å². The van der Waals surface area contributed by atoms with E-state index in [1.54, 1.807) is 6.07 Å². The van der Waals surface area contributed by atoms with Gasteiger partial charge in [-0.1, -0.05) is 67.5 Å². The van der Waals surface area contributed by atoms with E-state index < -0.39 is 5.41 Å². The molecule has 0 spiro atoms. The van der Waals surface area contributed by atoms with Crippen molar-refractivity contribution in [3.8, 4) is 11.3 Å². The Balaban J connectivity index is 1.91. The third kappa shape index (κ3) is 3.88. The van der Waals surface area contributed by atoms with Gasteiger partial charge in [0.2, 0.25) is 0 Å². The Kier molecular flexibility index (Phi) is 5.92. The average molecular weight is 435 g/mol. The predicted molar refractivity (Wildman–Crippen MR) is 126 cm³/mol. The van der Waals surface area contributed by atoms with Gasteiger partial charge in [-0.3, -0.25) is 14.0 Å². The van der Waals surface area contributed by atoms with Gasteiger partial charge in [0.15, 0.2) is 4.96 Å². The van der Waals surface area contributed by atoms with Gasteiger partial charge < -0.3 is 4.74 Å². The fraction of sp³-hybridized carbons (Fsp3) is 0.320. The number of hydrogen-bond acceptors (Lipinski definition) is 5. The lowest BCUT2D eigenvalue weighted by Gasteiger charge is -2.27. The number of aromatic nitrogens is 2. The number of thiazole rings is 1. The second-order valence-electron chi connectivity index (χ2n) is 7.90. The van der Waals surface area contributed by atoms with Crippen LogP contribution >= 0.6 is 11.3 Å². The molecule has 2 aromatic heterocycles. The van der Waals surface area contributed by atoms with Crippen LogP contribution in [0, 0.1) is 0 Å². The molecule has 1 unspecified atom stereocenters. The maximum atomic E-state index is 12.9. The van der Waals surface area contributed by atoms with E-state index in [0.717, 1.165) is 46.3 Å². The van der Waals surface area contributed by atoms with Crippen LogP contribution in [0.4, 0.5) is 0 Å². The molecule has 1 atom stereocenters. The molecule has 160 valence electrons. The summed E-state index contributed by atoms with van der Waals surface area (Å²) in [5.74, 6) is -0.193. The van der Waals surface area contributed by atoms with Gasteiger partial charge in [0.25, 0.3) is 5.56 Å². The number of esters is 1. The number of unbranched alkanes of at least 4 members (excludes halogenated alkanes) is 1. The Hall–Kier alpha value is -2.99. The van der Waals surface area contributed by atoms with Crippen LogP contribution in [0.5, 0.6) is 0 Å². The van der Waals surface area contributed by atoms with Crippen molar-refractivity contribution in [2.75, 3.05) is 6.61 Å². The number of carbonyl (C=O) groups excluding carboxylic acids is 1. The predicted octanol–water partition coefficient (Wildman–Crippen LogP) is 5.59. The third-order valence-corrected chi connectivity index (χ3v) is 6.77. The lowest BCUT2D eigenvalue weighted by Crippen LogP contribution is -2.34. The highest BCUT2D eigenvalue weighted by Gasteiger charge is 2.36. The summed E-state index contributed by atoms with van der Waals surface area (Å²) in [5.41, 5.74) is 2.71. The highest BCUT2D eigenvalue weighted by Crippen LogP contribution is 2.36. The summed E-state index contributed by atoms with van der Waals surface area (Å²) in [7, 11) is 0. The molecule has 0 N–H and O–H groups in total. The molecule has 0 saturated heterocycles. The Morgan fingerprint density at radius 2 is 1.90 bits per heavy atom. The molecular formula is C25H26N2O3S. The second-order valence-corrected chi connectivity index (χ2v) is 8.91. The minimum absolute atomic E-state index is 0.193. The van der Waals surface area contributed by atoms with Crippen LogP contribution in [0.2, 0.25) is 0 Å². The Morgan fingerprint density at radius 1 is 1.13 bits per heavy atom. The fourth-order valence-corrected chi connectivity index (χ4v) is 5.06. The maximum Gasteiger partial charge on any atom is 0.316 e. The molecule has 4 rings (SSSR count). The average Bonchev–Trinajstić information content (AvgIpc) is 3.14. The van der Waals surface area contributed by atoms with E-state index in [4.69, 9.17) is 4.74 Å². The molecule has 5 nitrogen and oxygen atoms in total. The van der Waals surface area contributed by atoms with E-state index >= 15 is 0 Å². The number of benzene rings is 2. The first-order chi connectivity index (χ1) is 15.0. The molecule has 0 saturated carbocycles. The third-order valence-electron chi connectivity index (χ3n) is 5.76. The molecule has 4 aromatic rings. The van der Waals surface area contributed by atoms with Crippen LogP contribution in [0.1, 0.15) is 45.6 Å².